The van der Waals surface area contributed by atoms with E-state index in [4.69, 9.17) is 9.15 Å². The van der Waals surface area contributed by atoms with Gasteiger partial charge in [0, 0.05) is 17.7 Å². The molecule has 0 unspecified atom stereocenters. The molecule has 0 saturated heterocycles. The first-order valence-electron chi connectivity index (χ1n) is 8.03. The molecule has 2 aromatic carbocycles. The Morgan fingerprint density at radius 1 is 1.38 bits per heavy atom. The Bertz CT molecular complexity index is 1280. The van der Waals surface area contributed by atoms with Crippen LogP contribution < -0.4 is 15.3 Å². The van der Waals surface area contributed by atoms with Crippen molar-refractivity contribution in [2.45, 2.75) is 11.8 Å². The van der Waals surface area contributed by atoms with E-state index >= 15 is 0 Å². The zero-order valence-corrected chi connectivity index (χ0v) is 15.6. The molecule has 1 heterocycles. The van der Waals surface area contributed by atoms with Crippen LogP contribution in [0.2, 0.25) is 0 Å². The molecule has 29 heavy (non-hydrogen) atoms. The maximum atomic E-state index is 12.3. The third-order valence-electron chi connectivity index (χ3n) is 3.66. The quantitative estimate of drug-likeness (QED) is 0.291. The molecule has 0 atom stereocenters. The second-order valence-corrected chi connectivity index (χ2v) is 7.26. The predicted molar refractivity (Wildman–Crippen MR) is 101 cm³/mol. The lowest BCUT2D eigenvalue weighted by molar-refractivity contribution is -0.386. The Morgan fingerprint density at radius 2 is 2.14 bits per heavy atom. The summed E-state index contributed by atoms with van der Waals surface area (Å²) in [6, 6.07) is 6.02. The minimum absolute atomic E-state index is 0.0531. The lowest BCUT2D eigenvalue weighted by Gasteiger charge is -2.07. The standard InChI is InChI=1S/C16H14N4O8S/c1-2-27-14-6-9(5-12(15(14)21)20(23)24)8-17-19-29(25,26)10-3-4-11-13(7-10)28-16(22)18-11/h3-8,19,21H,2H2,1H3,(H,18,22)/b17-8+. The van der Waals surface area contributed by atoms with E-state index in [-0.39, 0.29) is 28.4 Å². The number of aromatic amines is 1. The second kappa shape index (κ2) is 7.63. The van der Waals surface area contributed by atoms with Gasteiger partial charge in [0.2, 0.25) is 5.75 Å². The van der Waals surface area contributed by atoms with Crippen LogP contribution in [0.3, 0.4) is 0 Å². The number of hydrogen-bond acceptors (Lipinski definition) is 9. The second-order valence-electron chi connectivity index (χ2n) is 5.60. The molecule has 0 aliphatic carbocycles. The van der Waals surface area contributed by atoms with Gasteiger partial charge in [-0.15, -0.1) is 0 Å². The smallest absolute Gasteiger partial charge is 0.417 e. The van der Waals surface area contributed by atoms with Gasteiger partial charge < -0.3 is 14.3 Å². The van der Waals surface area contributed by atoms with Gasteiger partial charge in [-0.3, -0.25) is 15.1 Å². The average Bonchev–Trinajstić information content (AvgIpc) is 3.03. The number of rotatable bonds is 7. The third kappa shape index (κ3) is 4.19. The van der Waals surface area contributed by atoms with Gasteiger partial charge in [0.05, 0.1) is 28.2 Å². The molecule has 0 fully saturated rings. The van der Waals surface area contributed by atoms with E-state index in [1.54, 1.807) is 6.92 Å². The van der Waals surface area contributed by atoms with Crippen LogP contribution in [0.15, 0.2) is 49.5 Å². The number of aromatic nitrogens is 1. The Morgan fingerprint density at radius 3 is 2.83 bits per heavy atom. The number of nitrogens with zero attached hydrogens (tertiary/aromatic N) is 2. The number of nitro benzene ring substituents is 1. The average molecular weight is 422 g/mol. The first-order chi connectivity index (χ1) is 13.7. The molecular formula is C16H14N4O8S. The van der Waals surface area contributed by atoms with Gasteiger partial charge in [-0.2, -0.15) is 13.5 Å². The fraction of sp³-hybridized carbons (Fsp3) is 0.125. The Hall–Kier alpha value is -3.87. The normalized spacial score (nSPS) is 11.8. The van der Waals surface area contributed by atoms with Crippen molar-refractivity contribution in [3.63, 3.8) is 0 Å². The fourth-order valence-corrected chi connectivity index (χ4v) is 3.22. The van der Waals surface area contributed by atoms with E-state index in [1.807, 2.05) is 4.83 Å². The number of nitrogens with one attached hydrogen (secondary N) is 2. The highest BCUT2D eigenvalue weighted by Crippen LogP contribution is 2.36. The van der Waals surface area contributed by atoms with Crippen LogP contribution in [0.1, 0.15) is 12.5 Å². The van der Waals surface area contributed by atoms with Crippen molar-refractivity contribution in [3.05, 3.63) is 56.6 Å². The molecule has 0 radical (unpaired) electrons. The highest BCUT2D eigenvalue weighted by Gasteiger charge is 2.20. The molecule has 3 N–H and O–H groups in total. The monoisotopic (exact) mass is 422 g/mol. The largest absolute Gasteiger partial charge is 0.500 e. The SMILES string of the molecule is CCOc1cc(/C=N/NS(=O)(=O)c2ccc3[nH]c(=O)oc3c2)cc([N+](=O)[O-])c1O. The van der Waals surface area contributed by atoms with Crippen molar-refractivity contribution in [2.24, 2.45) is 5.10 Å². The number of hydrogen-bond donors (Lipinski definition) is 3. The molecule has 1 aromatic heterocycles. The molecule has 0 bridgehead atoms. The van der Waals surface area contributed by atoms with Crippen molar-refractivity contribution in [1.29, 1.82) is 0 Å². The molecule has 3 rings (SSSR count). The number of fused-ring (bicyclic) bond motifs is 1. The highest BCUT2D eigenvalue weighted by atomic mass is 32.2. The lowest BCUT2D eigenvalue weighted by atomic mass is 10.2. The van der Waals surface area contributed by atoms with Gasteiger partial charge in [-0.05, 0) is 25.1 Å². The van der Waals surface area contributed by atoms with E-state index < -0.39 is 32.1 Å². The van der Waals surface area contributed by atoms with Crippen molar-refractivity contribution in [3.8, 4) is 11.5 Å². The Kier molecular flexibility index (Phi) is 5.23. The van der Waals surface area contributed by atoms with Crippen LogP contribution in [0.5, 0.6) is 11.5 Å². The van der Waals surface area contributed by atoms with Gasteiger partial charge >= 0.3 is 11.4 Å². The van der Waals surface area contributed by atoms with Gasteiger partial charge in [0.1, 0.15) is 0 Å². The predicted octanol–water partition coefficient (Wildman–Crippen LogP) is 1.45. The topological polar surface area (TPSA) is 177 Å². The van der Waals surface area contributed by atoms with E-state index in [0.717, 1.165) is 18.3 Å². The third-order valence-corrected chi connectivity index (χ3v) is 4.88. The van der Waals surface area contributed by atoms with Gasteiger partial charge in [0.15, 0.2) is 11.3 Å². The number of benzene rings is 2. The van der Waals surface area contributed by atoms with Crippen LogP contribution in [0.4, 0.5) is 5.69 Å². The van der Waals surface area contributed by atoms with Crippen molar-refractivity contribution in [2.75, 3.05) is 6.61 Å². The van der Waals surface area contributed by atoms with E-state index in [2.05, 4.69) is 10.1 Å². The van der Waals surface area contributed by atoms with Crippen LogP contribution >= 0.6 is 0 Å². The summed E-state index contributed by atoms with van der Waals surface area (Å²) in [6.45, 7) is 1.78. The molecule has 0 spiro atoms. The summed E-state index contributed by atoms with van der Waals surface area (Å²) < 4.78 is 34.6. The molecular weight excluding hydrogens is 408 g/mol. The molecule has 0 saturated carbocycles. The molecule has 12 nitrogen and oxygen atoms in total. The Balaban J connectivity index is 1.87. The number of sulfonamides is 1. The molecule has 152 valence electrons. The molecule has 0 aliphatic heterocycles. The molecule has 3 aromatic rings. The summed E-state index contributed by atoms with van der Waals surface area (Å²) in [4.78, 5) is 25.5. The maximum Gasteiger partial charge on any atom is 0.417 e. The highest BCUT2D eigenvalue weighted by molar-refractivity contribution is 7.89. The lowest BCUT2D eigenvalue weighted by Crippen LogP contribution is -2.18. The van der Waals surface area contributed by atoms with Crippen molar-refractivity contribution in [1.82, 2.24) is 9.82 Å². The number of ether oxygens (including phenoxy) is 1. The molecule has 0 amide bonds. The van der Waals surface area contributed by atoms with Gasteiger partial charge in [-0.1, -0.05) is 0 Å². The first kappa shape index (κ1) is 19.9. The van der Waals surface area contributed by atoms with Crippen LogP contribution in [0.25, 0.3) is 11.1 Å². The van der Waals surface area contributed by atoms with E-state index in [0.29, 0.717) is 5.52 Å². The summed E-state index contributed by atoms with van der Waals surface area (Å²) in [5, 5.41) is 24.5. The first-order valence-corrected chi connectivity index (χ1v) is 9.51. The number of aromatic hydroxyl groups is 1. The summed E-state index contributed by atoms with van der Waals surface area (Å²) in [7, 11) is -4.11. The summed E-state index contributed by atoms with van der Waals surface area (Å²) in [5.41, 5.74) is -0.115. The fourth-order valence-electron chi connectivity index (χ4n) is 2.41. The number of nitro groups is 1. The van der Waals surface area contributed by atoms with Crippen LogP contribution in [0, 0.1) is 10.1 Å². The number of phenols is 1. The summed E-state index contributed by atoms with van der Waals surface area (Å²) in [5.74, 6) is -1.51. The zero-order valence-electron chi connectivity index (χ0n) is 14.8. The molecule has 13 heteroatoms. The van der Waals surface area contributed by atoms with Crippen molar-refractivity contribution < 1.29 is 27.6 Å². The Labute approximate surface area is 162 Å². The van der Waals surface area contributed by atoms with Crippen molar-refractivity contribution >= 4 is 33.0 Å². The minimum atomic E-state index is -4.11. The number of phenolic OH excluding ortho intramolecular Hbond substituents is 1. The van der Waals surface area contributed by atoms with E-state index in [9.17, 15) is 28.4 Å². The number of H-pyrrole nitrogens is 1. The molecule has 0 aliphatic rings. The number of hydrazone groups is 1. The summed E-state index contributed by atoms with van der Waals surface area (Å²) >= 11 is 0. The zero-order chi connectivity index (χ0) is 21.2. The van der Waals surface area contributed by atoms with Gasteiger partial charge in [0.25, 0.3) is 10.0 Å². The van der Waals surface area contributed by atoms with Crippen LogP contribution in [-0.2, 0) is 10.0 Å². The van der Waals surface area contributed by atoms with Crippen LogP contribution in [-0.4, -0.2) is 36.3 Å². The minimum Gasteiger partial charge on any atom is -0.500 e. The number of oxazole rings is 1. The van der Waals surface area contributed by atoms with E-state index in [1.165, 1.54) is 18.2 Å². The maximum absolute atomic E-state index is 12.3. The van der Waals surface area contributed by atoms with Gasteiger partial charge in [-0.25, -0.2) is 9.63 Å². The summed E-state index contributed by atoms with van der Waals surface area (Å²) in [6.07, 6.45) is 1.02.